The number of carboxylic acids is 1. The van der Waals surface area contributed by atoms with Crippen molar-refractivity contribution in [3.63, 3.8) is 0 Å². The van der Waals surface area contributed by atoms with Gasteiger partial charge in [-0.05, 0) is 43.7 Å². The number of rotatable bonds is 5. The molecule has 0 aliphatic carbocycles. The number of aliphatic carboxylic acids is 1. The lowest BCUT2D eigenvalue weighted by molar-refractivity contribution is -0.139. The smallest absolute Gasteiger partial charge is 0.330 e. The van der Waals surface area contributed by atoms with Gasteiger partial charge in [0.2, 0.25) is 0 Å². The van der Waals surface area contributed by atoms with Crippen molar-refractivity contribution in [3.8, 4) is 0 Å². The highest BCUT2D eigenvalue weighted by atomic mass is 16.4. The molecule has 0 radical (unpaired) electrons. The molecule has 136 valence electrons. The van der Waals surface area contributed by atoms with Crippen molar-refractivity contribution < 1.29 is 19.5 Å². The SMILES string of the molecule is Cc1cc(C)cc(C(NC(=O)c2ccc(C(=O)N(C)C)cc2)C(=O)O)c1. The molecular formula is C20H22N2O4. The van der Waals surface area contributed by atoms with E-state index in [2.05, 4.69) is 5.32 Å². The molecule has 2 amide bonds. The van der Waals surface area contributed by atoms with Crippen LogP contribution in [-0.4, -0.2) is 41.9 Å². The van der Waals surface area contributed by atoms with Gasteiger partial charge in [0, 0.05) is 25.2 Å². The Hall–Kier alpha value is -3.15. The van der Waals surface area contributed by atoms with Gasteiger partial charge in [0.05, 0.1) is 0 Å². The predicted molar refractivity (Wildman–Crippen MR) is 98.2 cm³/mol. The van der Waals surface area contributed by atoms with Gasteiger partial charge in [0.15, 0.2) is 6.04 Å². The molecular weight excluding hydrogens is 332 g/mol. The Morgan fingerprint density at radius 2 is 1.42 bits per heavy atom. The van der Waals surface area contributed by atoms with Crippen LogP contribution in [0.4, 0.5) is 0 Å². The summed E-state index contributed by atoms with van der Waals surface area (Å²) in [5.41, 5.74) is 3.11. The van der Waals surface area contributed by atoms with E-state index in [-0.39, 0.29) is 11.5 Å². The normalized spacial score (nSPS) is 11.5. The van der Waals surface area contributed by atoms with Crippen molar-refractivity contribution >= 4 is 17.8 Å². The predicted octanol–water partition coefficient (Wildman–Crippen LogP) is 2.56. The maximum atomic E-state index is 12.4. The van der Waals surface area contributed by atoms with Crippen molar-refractivity contribution in [1.82, 2.24) is 10.2 Å². The van der Waals surface area contributed by atoms with Gasteiger partial charge in [-0.1, -0.05) is 29.3 Å². The maximum Gasteiger partial charge on any atom is 0.330 e. The third-order valence-corrected chi connectivity index (χ3v) is 3.90. The second-order valence-electron chi connectivity index (χ2n) is 6.44. The van der Waals surface area contributed by atoms with Crippen molar-refractivity contribution in [2.45, 2.75) is 19.9 Å². The first-order valence-electron chi connectivity index (χ1n) is 8.12. The second kappa shape index (κ2) is 7.82. The van der Waals surface area contributed by atoms with Gasteiger partial charge >= 0.3 is 5.97 Å². The zero-order valence-corrected chi connectivity index (χ0v) is 15.2. The minimum absolute atomic E-state index is 0.171. The summed E-state index contributed by atoms with van der Waals surface area (Å²) >= 11 is 0. The summed E-state index contributed by atoms with van der Waals surface area (Å²) in [7, 11) is 3.29. The summed E-state index contributed by atoms with van der Waals surface area (Å²) in [5.74, 6) is -1.82. The van der Waals surface area contributed by atoms with Crippen molar-refractivity contribution in [2.24, 2.45) is 0 Å². The molecule has 2 aromatic rings. The number of hydrogen-bond donors (Lipinski definition) is 2. The highest BCUT2D eigenvalue weighted by Gasteiger charge is 2.23. The first kappa shape index (κ1) is 19.2. The fraction of sp³-hybridized carbons (Fsp3) is 0.250. The monoisotopic (exact) mass is 354 g/mol. The van der Waals surface area contributed by atoms with E-state index in [4.69, 9.17) is 0 Å². The molecule has 6 nitrogen and oxygen atoms in total. The number of nitrogens with one attached hydrogen (secondary N) is 1. The average molecular weight is 354 g/mol. The number of carbonyl (C=O) groups is 3. The molecule has 0 aliphatic heterocycles. The summed E-state index contributed by atoms with van der Waals surface area (Å²) in [5, 5.41) is 12.1. The number of amides is 2. The lowest BCUT2D eigenvalue weighted by Crippen LogP contribution is -2.34. The Morgan fingerprint density at radius 3 is 1.88 bits per heavy atom. The van der Waals surface area contributed by atoms with E-state index in [0.29, 0.717) is 11.1 Å². The van der Waals surface area contributed by atoms with Crippen molar-refractivity contribution in [3.05, 3.63) is 70.3 Å². The van der Waals surface area contributed by atoms with Gasteiger partial charge in [-0.3, -0.25) is 9.59 Å². The topological polar surface area (TPSA) is 86.7 Å². The Bertz CT molecular complexity index is 821. The molecule has 2 rings (SSSR count). The van der Waals surface area contributed by atoms with Crippen molar-refractivity contribution in [1.29, 1.82) is 0 Å². The van der Waals surface area contributed by atoms with Gasteiger partial charge in [-0.2, -0.15) is 0 Å². The fourth-order valence-electron chi connectivity index (χ4n) is 2.70. The van der Waals surface area contributed by atoms with Crippen LogP contribution in [0.25, 0.3) is 0 Å². The Balaban J connectivity index is 2.22. The largest absolute Gasteiger partial charge is 0.479 e. The van der Waals surface area contributed by atoms with Crippen LogP contribution in [0.2, 0.25) is 0 Å². The molecule has 0 bridgehead atoms. The van der Waals surface area contributed by atoms with Crippen LogP contribution in [0.3, 0.4) is 0 Å². The number of benzene rings is 2. The molecule has 1 unspecified atom stereocenters. The fourth-order valence-corrected chi connectivity index (χ4v) is 2.70. The van der Waals surface area contributed by atoms with E-state index in [1.807, 2.05) is 19.9 Å². The molecule has 0 saturated heterocycles. The first-order chi connectivity index (χ1) is 12.2. The van der Waals surface area contributed by atoms with Crippen LogP contribution in [0.1, 0.15) is 43.4 Å². The molecule has 2 N–H and O–H groups in total. The van der Waals surface area contributed by atoms with Crippen molar-refractivity contribution in [2.75, 3.05) is 14.1 Å². The van der Waals surface area contributed by atoms with Gasteiger partial charge < -0.3 is 15.3 Å². The third-order valence-electron chi connectivity index (χ3n) is 3.90. The lowest BCUT2D eigenvalue weighted by Gasteiger charge is -2.16. The number of hydrogen-bond acceptors (Lipinski definition) is 3. The number of carboxylic acid groups (broad SMARTS) is 1. The molecule has 0 saturated carbocycles. The van der Waals surface area contributed by atoms with Gasteiger partial charge in [-0.25, -0.2) is 4.79 Å². The number of carbonyl (C=O) groups excluding carboxylic acids is 2. The summed E-state index contributed by atoms with van der Waals surface area (Å²) < 4.78 is 0. The van der Waals surface area contributed by atoms with Crippen LogP contribution in [-0.2, 0) is 4.79 Å². The molecule has 2 aromatic carbocycles. The van der Waals surface area contributed by atoms with Gasteiger partial charge in [0.25, 0.3) is 11.8 Å². The summed E-state index contributed by atoms with van der Waals surface area (Å²) in [4.78, 5) is 37.4. The van der Waals surface area contributed by atoms with E-state index >= 15 is 0 Å². The Labute approximate surface area is 152 Å². The second-order valence-corrected chi connectivity index (χ2v) is 6.44. The zero-order valence-electron chi connectivity index (χ0n) is 15.2. The molecule has 0 aromatic heterocycles. The molecule has 0 spiro atoms. The standard InChI is InChI=1S/C20H22N2O4/c1-12-9-13(2)11-16(10-12)17(20(25)26)21-18(23)14-5-7-15(8-6-14)19(24)22(3)4/h5-11,17H,1-4H3,(H,21,23)(H,25,26). The Kier molecular flexibility index (Phi) is 5.77. The number of nitrogens with zero attached hydrogens (tertiary/aromatic N) is 1. The molecule has 1 atom stereocenters. The first-order valence-corrected chi connectivity index (χ1v) is 8.12. The van der Waals surface area contributed by atoms with Gasteiger partial charge in [-0.15, -0.1) is 0 Å². The minimum atomic E-state index is -1.15. The molecule has 0 aliphatic rings. The third kappa shape index (κ3) is 4.47. The van der Waals surface area contributed by atoms with Crippen LogP contribution >= 0.6 is 0 Å². The zero-order chi connectivity index (χ0) is 19.4. The quantitative estimate of drug-likeness (QED) is 0.864. The van der Waals surface area contributed by atoms with Crippen LogP contribution in [0, 0.1) is 13.8 Å². The molecule has 6 heteroatoms. The van der Waals surface area contributed by atoms with Gasteiger partial charge in [0.1, 0.15) is 0 Å². The van der Waals surface area contributed by atoms with E-state index in [1.165, 1.54) is 17.0 Å². The number of aryl methyl sites for hydroxylation is 2. The summed E-state index contributed by atoms with van der Waals surface area (Å²) in [6.45, 7) is 3.75. The van der Waals surface area contributed by atoms with Crippen LogP contribution in [0.15, 0.2) is 42.5 Å². The molecule has 0 heterocycles. The van der Waals surface area contributed by atoms with E-state index in [1.54, 1.807) is 38.4 Å². The maximum absolute atomic E-state index is 12.4. The van der Waals surface area contributed by atoms with E-state index in [0.717, 1.165) is 11.1 Å². The van der Waals surface area contributed by atoms with E-state index in [9.17, 15) is 19.5 Å². The van der Waals surface area contributed by atoms with E-state index < -0.39 is 17.9 Å². The lowest BCUT2D eigenvalue weighted by atomic mass is 10.0. The minimum Gasteiger partial charge on any atom is -0.479 e. The highest BCUT2D eigenvalue weighted by molar-refractivity contribution is 5.99. The Morgan fingerprint density at radius 1 is 0.923 bits per heavy atom. The van der Waals surface area contributed by atoms with Crippen LogP contribution < -0.4 is 5.32 Å². The molecule has 0 fully saturated rings. The molecule has 26 heavy (non-hydrogen) atoms. The summed E-state index contributed by atoms with van der Waals surface area (Å²) in [6.07, 6.45) is 0. The highest BCUT2D eigenvalue weighted by Crippen LogP contribution is 2.18. The average Bonchev–Trinajstić information content (AvgIpc) is 2.57. The summed E-state index contributed by atoms with van der Waals surface area (Å²) in [6, 6.07) is 10.4. The van der Waals surface area contributed by atoms with Crippen LogP contribution in [0.5, 0.6) is 0 Å².